The minimum Gasteiger partial charge on any atom is -0.496 e. The van der Waals surface area contributed by atoms with Crippen LogP contribution in [-0.2, 0) is 6.42 Å². The summed E-state index contributed by atoms with van der Waals surface area (Å²) in [5.74, 6) is 2.50. The van der Waals surface area contributed by atoms with Crippen LogP contribution in [0.25, 0.3) is 0 Å². The number of methoxy groups -OCH3 is 2. The Hall–Kier alpha value is -1.56. The second-order valence-electron chi connectivity index (χ2n) is 5.74. The molecule has 0 aromatic heterocycles. The summed E-state index contributed by atoms with van der Waals surface area (Å²) in [5.41, 5.74) is 1.01. The van der Waals surface area contributed by atoms with Crippen LogP contribution in [0.15, 0.2) is 12.1 Å². The summed E-state index contributed by atoms with van der Waals surface area (Å²) in [7, 11) is 3.13. The first-order valence-electron chi connectivity index (χ1n) is 8.00. The van der Waals surface area contributed by atoms with Gasteiger partial charge >= 0.3 is 0 Å². The molecule has 1 saturated carbocycles. The van der Waals surface area contributed by atoms with Gasteiger partial charge in [0.05, 0.1) is 20.8 Å². The molecule has 23 heavy (non-hydrogen) atoms. The van der Waals surface area contributed by atoms with Gasteiger partial charge in [-0.3, -0.25) is 0 Å². The van der Waals surface area contributed by atoms with E-state index >= 15 is 0 Å². The molecule has 0 heterocycles. The van der Waals surface area contributed by atoms with Crippen molar-refractivity contribution in [1.29, 1.82) is 0 Å². The van der Waals surface area contributed by atoms with Gasteiger partial charge in [-0.05, 0) is 49.9 Å². The van der Waals surface area contributed by atoms with Crippen LogP contribution in [0.3, 0.4) is 0 Å². The van der Waals surface area contributed by atoms with Gasteiger partial charge in [0.25, 0.3) is 0 Å². The van der Waals surface area contributed by atoms with E-state index in [0.717, 1.165) is 31.0 Å². The van der Waals surface area contributed by atoms with Crippen molar-refractivity contribution in [3.05, 3.63) is 17.7 Å². The number of halogens is 2. The Morgan fingerprint density at radius 2 is 1.87 bits per heavy atom. The van der Waals surface area contributed by atoms with Crippen LogP contribution in [0.4, 0.5) is 8.78 Å². The average molecular weight is 329 g/mol. The van der Waals surface area contributed by atoms with Crippen molar-refractivity contribution in [3.63, 3.8) is 0 Å². The molecule has 0 saturated heterocycles. The number of hydrogen-bond acceptors (Lipinski definition) is 4. The number of alkyl halides is 2. The zero-order chi connectivity index (χ0) is 16.7. The molecule has 0 spiro atoms. The molecule has 0 atom stereocenters. The van der Waals surface area contributed by atoms with Crippen LogP contribution in [0.5, 0.6) is 17.2 Å². The molecule has 6 heteroatoms. The van der Waals surface area contributed by atoms with E-state index in [4.69, 9.17) is 14.2 Å². The smallest absolute Gasteiger partial charge is 0.241 e. The minimum absolute atomic E-state index is 0.0561. The highest BCUT2D eigenvalue weighted by molar-refractivity contribution is 5.50. The third kappa shape index (κ3) is 5.86. The molecule has 4 nitrogen and oxygen atoms in total. The van der Waals surface area contributed by atoms with Crippen LogP contribution >= 0.6 is 0 Å². The fourth-order valence-corrected chi connectivity index (χ4v) is 2.35. The summed E-state index contributed by atoms with van der Waals surface area (Å²) in [5, 5.41) is 3.44. The predicted molar refractivity (Wildman–Crippen MR) is 85.0 cm³/mol. The molecule has 0 amide bonds. The van der Waals surface area contributed by atoms with Crippen molar-refractivity contribution in [2.75, 3.05) is 33.9 Å². The molecule has 1 aliphatic rings. The molecule has 0 bridgehead atoms. The van der Waals surface area contributed by atoms with E-state index in [1.807, 2.05) is 6.07 Å². The zero-order valence-corrected chi connectivity index (χ0v) is 13.7. The van der Waals surface area contributed by atoms with Gasteiger partial charge in [-0.15, -0.1) is 0 Å². The average Bonchev–Trinajstić information content (AvgIpc) is 3.35. The Labute approximate surface area is 136 Å². The lowest BCUT2D eigenvalue weighted by atomic mass is 10.1. The minimum atomic E-state index is -2.38. The summed E-state index contributed by atoms with van der Waals surface area (Å²) >= 11 is 0. The third-order valence-corrected chi connectivity index (χ3v) is 3.86. The molecular formula is C17H25F2NO3. The largest absolute Gasteiger partial charge is 0.496 e. The lowest BCUT2D eigenvalue weighted by Gasteiger charge is -2.16. The van der Waals surface area contributed by atoms with E-state index in [2.05, 4.69) is 5.32 Å². The normalized spacial score (nSPS) is 14.1. The molecule has 2 rings (SSSR count). The predicted octanol–water partition coefficient (Wildman–Crippen LogP) is 3.28. The number of nitrogens with one attached hydrogen (secondary N) is 1. The van der Waals surface area contributed by atoms with Gasteiger partial charge < -0.3 is 19.5 Å². The Morgan fingerprint density at radius 3 is 2.48 bits per heavy atom. The second-order valence-corrected chi connectivity index (χ2v) is 5.74. The lowest BCUT2D eigenvalue weighted by Crippen LogP contribution is -2.20. The Bertz CT molecular complexity index is 493. The maximum absolute atomic E-state index is 12.2. The van der Waals surface area contributed by atoms with Crippen molar-refractivity contribution in [1.82, 2.24) is 5.32 Å². The summed E-state index contributed by atoms with van der Waals surface area (Å²) in [6.45, 7) is 1.87. The van der Waals surface area contributed by atoms with Gasteiger partial charge in [-0.1, -0.05) is 0 Å². The van der Waals surface area contributed by atoms with E-state index in [1.54, 1.807) is 13.2 Å². The summed E-state index contributed by atoms with van der Waals surface area (Å²) in [6.07, 6.45) is 0.783. The quantitative estimate of drug-likeness (QED) is 0.633. The number of benzene rings is 1. The Balaban J connectivity index is 1.96. The first-order chi connectivity index (χ1) is 11.1. The monoisotopic (exact) mass is 329 g/mol. The van der Waals surface area contributed by atoms with Crippen LogP contribution in [0, 0.1) is 5.92 Å². The van der Waals surface area contributed by atoms with Crippen molar-refractivity contribution in [3.8, 4) is 17.2 Å². The molecule has 0 unspecified atom stereocenters. The molecule has 0 radical (unpaired) electrons. The first-order valence-corrected chi connectivity index (χ1v) is 8.00. The fourth-order valence-electron chi connectivity index (χ4n) is 2.35. The highest BCUT2D eigenvalue weighted by Gasteiger charge is 2.20. The van der Waals surface area contributed by atoms with Crippen LogP contribution in [0.2, 0.25) is 0 Å². The zero-order valence-electron chi connectivity index (χ0n) is 13.7. The van der Waals surface area contributed by atoms with Gasteiger partial charge in [0, 0.05) is 12.5 Å². The van der Waals surface area contributed by atoms with Gasteiger partial charge in [0.1, 0.15) is 5.75 Å². The van der Waals surface area contributed by atoms with Crippen molar-refractivity contribution in [2.24, 2.45) is 5.92 Å². The van der Waals surface area contributed by atoms with Gasteiger partial charge in [-0.25, -0.2) is 8.78 Å². The molecule has 1 aliphatic carbocycles. The standard InChI is InChI=1S/C17H25F2NO3/c1-21-14-10-16(23-8-6-17(18)19)15(22-2)9-13(14)5-7-20-11-12-3-4-12/h9-10,12,17,20H,3-8,11H2,1-2H3. The Kier molecular flexibility index (Phi) is 6.89. The third-order valence-electron chi connectivity index (χ3n) is 3.86. The van der Waals surface area contributed by atoms with Crippen LogP contribution in [0.1, 0.15) is 24.8 Å². The fraction of sp³-hybridized carbons (Fsp3) is 0.647. The molecular weight excluding hydrogens is 304 g/mol. The first kappa shape index (κ1) is 17.8. The number of ether oxygens (including phenoxy) is 3. The molecule has 1 aromatic carbocycles. The maximum Gasteiger partial charge on any atom is 0.241 e. The Morgan fingerprint density at radius 1 is 1.13 bits per heavy atom. The number of hydrogen-bond donors (Lipinski definition) is 1. The van der Waals surface area contributed by atoms with Gasteiger partial charge in [-0.2, -0.15) is 0 Å². The van der Waals surface area contributed by atoms with E-state index in [1.165, 1.54) is 20.0 Å². The van der Waals surface area contributed by atoms with Gasteiger partial charge in [0.15, 0.2) is 11.5 Å². The summed E-state index contributed by atoms with van der Waals surface area (Å²) in [6, 6.07) is 3.57. The maximum atomic E-state index is 12.2. The second kappa shape index (κ2) is 8.91. The van der Waals surface area contributed by atoms with Crippen molar-refractivity contribution < 1.29 is 23.0 Å². The van der Waals surface area contributed by atoms with Crippen LogP contribution < -0.4 is 19.5 Å². The van der Waals surface area contributed by atoms with E-state index in [-0.39, 0.29) is 13.0 Å². The number of rotatable bonds is 11. The molecule has 1 aromatic rings. The topological polar surface area (TPSA) is 39.7 Å². The molecule has 0 aliphatic heterocycles. The van der Waals surface area contributed by atoms with E-state index in [0.29, 0.717) is 17.2 Å². The molecule has 1 N–H and O–H groups in total. The van der Waals surface area contributed by atoms with E-state index in [9.17, 15) is 8.78 Å². The SMILES string of the molecule is COc1cc(OCCC(F)F)c(OC)cc1CCNCC1CC1. The molecule has 130 valence electrons. The van der Waals surface area contributed by atoms with E-state index < -0.39 is 6.43 Å². The van der Waals surface area contributed by atoms with Gasteiger partial charge in [0.2, 0.25) is 6.43 Å². The highest BCUT2D eigenvalue weighted by Crippen LogP contribution is 2.35. The van der Waals surface area contributed by atoms with Crippen molar-refractivity contribution >= 4 is 0 Å². The van der Waals surface area contributed by atoms with Crippen LogP contribution in [-0.4, -0.2) is 40.3 Å². The molecule has 1 fully saturated rings. The summed E-state index contributed by atoms with van der Waals surface area (Å²) in [4.78, 5) is 0. The lowest BCUT2D eigenvalue weighted by molar-refractivity contribution is 0.113. The van der Waals surface area contributed by atoms with Crippen molar-refractivity contribution in [2.45, 2.75) is 32.1 Å². The highest BCUT2D eigenvalue weighted by atomic mass is 19.3. The summed E-state index contributed by atoms with van der Waals surface area (Å²) < 4.78 is 40.5.